The molecular weight excluding hydrogens is 280 g/mol. The lowest BCUT2D eigenvalue weighted by Gasteiger charge is -2.01. The summed E-state index contributed by atoms with van der Waals surface area (Å²) in [6.45, 7) is 0. The largest absolute Gasteiger partial charge is 0.374 e. The summed E-state index contributed by atoms with van der Waals surface area (Å²) in [5, 5.41) is 9.58. The van der Waals surface area contributed by atoms with Crippen molar-refractivity contribution in [3.8, 4) is 12.3 Å². The minimum atomic E-state index is -0.939. The average molecular weight is 291 g/mol. The fraction of sp³-hybridized carbons (Fsp3) is 0.308. The van der Waals surface area contributed by atoms with Crippen molar-refractivity contribution in [1.82, 2.24) is 9.38 Å². The minimum Gasteiger partial charge on any atom is -0.374 e. The number of hydrogen-bond acceptors (Lipinski definition) is 2. The van der Waals surface area contributed by atoms with Gasteiger partial charge in [0.25, 0.3) is 0 Å². The van der Waals surface area contributed by atoms with Crippen LogP contribution in [0.1, 0.15) is 36.1 Å². The molecule has 0 radical (unpaired) electrons. The third kappa shape index (κ3) is 1.86. The second-order valence-electron chi connectivity index (χ2n) is 4.36. The molecule has 0 aromatic carbocycles. The van der Waals surface area contributed by atoms with E-state index in [0.29, 0.717) is 11.6 Å². The molecule has 2 aromatic heterocycles. The van der Waals surface area contributed by atoms with Crippen LogP contribution >= 0.6 is 15.9 Å². The van der Waals surface area contributed by atoms with Crippen LogP contribution in [-0.4, -0.2) is 14.5 Å². The summed E-state index contributed by atoms with van der Waals surface area (Å²) in [6, 6.07) is 2.10. The zero-order valence-electron chi connectivity index (χ0n) is 9.10. The molecule has 3 nitrogen and oxygen atoms in total. The monoisotopic (exact) mass is 290 g/mol. The molecule has 1 aliphatic rings. The van der Waals surface area contributed by atoms with Gasteiger partial charge in [-0.1, -0.05) is 5.92 Å². The van der Waals surface area contributed by atoms with Crippen molar-refractivity contribution in [2.45, 2.75) is 24.9 Å². The van der Waals surface area contributed by atoms with Crippen LogP contribution in [0.15, 0.2) is 22.9 Å². The maximum atomic E-state index is 9.58. The lowest BCUT2D eigenvalue weighted by molar-refractivity contribution is 0.234. The summed E-state index contributed by atoms with van der Waals surface area (Å²) >= 11 is 3.51. The Hall–Kier alpha value is -1.31. The van der Waals surface area contributed by atoms with Crippen molar-refractivity contribution in [2.24, 2.45) is 0 Å². The summed E-state index contributed by atoms with van der Waals surface area (Å²) < 4.78 is 2.87. The van der Waals surface area contributed by atoms with E-state index in [-0.39, 0.29) is 0 Å². The maximum Gasteiger partial charge on any atom is 0.158 e. The van der Waals surface area contributed by atoms with E-state index >= 15 is 0 Å². The Kier molecular flexibility index (Phi) is 2.46. The van der Waals surface area contributed by atoms with Crippen LogP contribution in [0.3, 0.4) is 0 Å². The van der Waals surface area contributed by atoms with Gasteiger partial charge in [0, 0.05) is 12.4 Å². The number of rotatable bonds is 2. The van der Waals surface area contributed by atoms with Crippen LogP contribution in [0.25, 0.3) is 5.65 Å². The van der Waals surface area contributed by atoms with Gasteiger partial charge in [-0.2, -0.15) is 0 Å². The number of nitrogens with zero attached hydrogens (tertiary/aromatic N) is 2. The molecule has 17 heavy (non-hydrogen) atoms. The number of aliphatic hydroxyl groups excluding tert-OH is 1. The molecule has 0 bridgehead atoms. The molecule has 0 aliphatic heterocycles. The van der Waals surface area contributed by atoms with E-state index in [2.05, 4.69) is 39.1 Å². The molecule has 2 aromatic rings. The lowest BCUT2D eigenvalue weighted by Crippen LogP contribution is -1.92. The number of imidazole rings is 1. The molecule has 1 unspecified atom stereocenters. The highest BCUT2D eigenvalue weighted by molar-refractivity contribution is 9.10. The number of aromatic nitrogens is 2. The molecular formula is C13H11BrN2O. The smallest absolute Gasteiger partial charge is 0.158 e. The van der Waals surface area contributed by atoms with E-state index in [4.69, 9.17) is 6.42 Å². The number of pyridine rings is 1. The summed E-state index contributed by atoms with van der Waals surface area (Å²) in [5.74, 6) is 2.96. The van der Waals surface area contributed by atoms with Crippen molar-refractivity contribution in [3.05, 3.63) is 34.2 Å². The predicted molar refractivity (Wildman–Crippen MR) is 68.7 cm³/mol. The van der Waals surface area contributed by atoms with Crippen molar-refractivity contribution < 1.29 is 5.11 Å². The first-order valence-corrected chi connectivity index (χ1v) is 6.30. The Bertz CT molecular complexity index is 622. The van der Waals surface area contributed by atoms with Gasteiger partial charge >= 0.3 is 0 Å². The van der Waals surface area contributed by atoms with Gasteiger partial charge in [-0.05, 0) is 46.3 Å². The van der Waals surface area contributed by atoms with Crippen molar-refractivity contribution >= 4 is 21.6 Å². The lowest BCUT2D eigenvalue weighted by atomic mass is 10.2. The molecule has 1 aliphatic carbocycles. The molecule has 0 amide bonds. The second-order valence-corrected chi connectivity index (χ2v) is 5.22. The van der Waals surface area contributed by atoms with Crippen molar-refractivity contribution in [2.75, 3.05) is 0 Å². The summed E-state index contributed by atoms with van der Waals surface area (Å²) in [6.07, 6.45) is 10.6. The van der Waals surface area contributed by atoms with Gasteiger partial charge in [0.05, 0.1) is 4.47 Å². The van der Waals surface area contributed by atoms with E-state index in [9.17, 15) is 5.11 Å². The molecule has 86 valence electrons. The standard InChI is InChI=1S/C13H11BrN2O/c1-2-12(17)11-7-16-6-9(8-3-4-8)5-10(14)13(16)15-11/h1,5-8,12,17H,3-4H2. The van der Waals surface area contributed by atoms with Crippen LogP contribution < -0.4 is 0 Å². The van der Waals surface area contributed by atoms with Gasteiger partial charge < -0.3 is 9.51 Å². The number of hydrogen-bond donors (Lipinski definition) is 1. The Morgan fingerprint density at radius 2 is 2.29 bits per heavy atom. The van der Waals surface area contributed by atoms with E-state index < -0.39 is 6.10 Å². The first-order chi connectivity index (χ1) is 8.19. The fourth-order valence-corrected chi connectivity index (χ4v) is 2.51. The second kappa shape index (κ2) is 3.86. The zero-order valence-corrected chi connectivity index (χ0v) is 10.7. The summed E-state index contributed by atoms with van der Waals surface area (Å²) in [7, 11) is 0. The quantitative estimate of drug-likeness (QED) is 0.864. The summed E-state index contributed by atoms with van der Waals surface area (Å²) in [5.41, 5.74) is 2.61. The molecule has 0 spiro atoms. The Morgan fingerprint density at radius 3 is 2.94 bits per heavy atom. The Labute approximate surface area is 108 Å². The van der Waals surface area contributed by atoms with Gasteiger partial charge in [0.2, 0.25) is 0 Å². The fourth-order valence-electron chi connectivity index (χ4n) is 1.95. The Morgan fingerprint density at radius 1 is 1.53 bits per heavy atom. The van der Waals surface area contributed by atoms with Gasteiger partial charge in [-0.15, -0.1) is 6.42 Å². The van der Waals surface area contributed by atoms with Crippen molar-refractivity contribution in [1.29, 1.82) is 0 Å². The van der Waals surface area contributed by atoms with Gasteiger partial charge in [0.15, 0.2) is 11.8 Å². The van der Waals surface area contributed by atoms with E-state index in [1.807, 2.05) is 4.40 Å². The normalized spacial score (nSPS) is 17.0. The van der Waals surface area contributed by atoms with Gasteiger partial charge in [0.1, 0.15) is 5.69 Å². The number of halogens is 1. The number of fused-ring (bicyclic) bond motifs is 1. The van der Waals surface area contributed by atoms with Crippen LogP contribution in [-0.2, 0) is 0 Å². The Balaban J connectivity index is 2.14. The predicted octanol–water partition coefficient (Wildman–Crippen LogP) is 2.64. The van der Waals surface area contributed by atoms with Gasteiger partial charge in [-0.25, -0.2) is 4.98 Å². The third-order valence-electron chi connectivity index (χ3n) is 3.03. The van der Waals surface area contributed by atoms with E-state index in [0.717, 1.165) is 10.1 Å². The number of aliphatic hydroxyl groups is 1. The van der Waals surface area contributed by atoms with Crippen molar-refractivity contribution in [3.63, 3.8) is 0 Å². The average Bonchev–Trinajstić information content (AvgIpc) is 3.08. The maximum absolute atomic E-state index is 9.58. The molecule has 0 saturated heterocycles. The highest BCUT2D eigenvalue weighted by atomic mass is 79.9. The number of terminal acetylenes is 1. The topological polar surface area (TPSA) is 37.5 Å². The zero-order chi connectivity index (χ0) is 12.0. The van der Waals surface area contributed by atoms with Gasteiger partial charge in [-0.3, -0.25) is 0 Å². The van der Waals surface area contributed by atoms with E-state index in [1.54, 1.807) is 6.20 Å². The van der Waals surface area contributed by atoms with Crippen LogP contribution in [0.5, 0.6) is 0 Å². The van der Waals surface area contributed by atoms with Crippen LogP contribution in [0, 0.1) is 12.3 Å². The molecule has 1 saturated carbocycles. The highest BCUT2D eigenvalue weighted by Crippen LogP contribution is 2.41. The molecule has 1 fully saturated rings. The van der Waals surface area contributed by atoms with E-state index in [1.165, 1.54) is 18.4 Å². The molecule has 4 heteroatoms. The highest BCUT2D eigenvalue weighted by Gasteiger charge is 2.25. The first kappa shape index (κ1) is 10.8. The molecule has 2 heterocycles. The molecule has 1 N–H and O–H groups in total. The summed E-state index contributed by atoms with van der Waals surface area (Å²) in [4.78, 5) is 4.33. The third-order valence-corrected chi connectivity index (χ3v) is 3.62. The first-order valence-electron chi connectivity index (χ1n) is 5.51. The van der Waals surface area contributed by atoms with Crippen LogP contribution in [0.4, 0.5) is 0 Å². The SMILES string of the molecule is C#CC(O)c1cn2cc(C3CC3)cc(Br)c2n1. The molecule has 1 atom stereocenters. The minimum absolute atomic E-state index is 0.515. The van der Waals surface area contributed by atoms with Crippen LogP contribution in [0.2, 0.25) is 0 Å². The molecule has 3 rings (SSSR count).